The van der Waals surface area contributed by atoms with Crippen LogP contribution in [-0.4, -0.2) is 12.3 Å². The molecule has 0 radical (unpaired) electrons. The van der Waals surface area contributed by atoms with Crippen molar-refractivity contribution in [2.75, 3.05) is 5.32 Å². The van der Waals surface area contributed by atoms with E-state index < -0.39 is 23.7 Å². The number of guanidine groups is 1. The molecule has 0 bridgehead atoms. The summed E-state index contributed by atoms with van der Waals surface area (Å²) in [5.74, 6) is -2.09. The Morgan fingerprint density at radius 2 is 1.83 bits per heavy atom. The van der Waals surface area contributed by atoms with Crippen molar-refractivity contribution < 1.29 is 26.7 Å². The Labute approximate surface area is 133 Å². The van der Waals surface area contributed by atoms with Gasteiger partial charge in [-0.1, -0.05) is 12.1 Å². The zero-order chi connectivity index (χ0) is 17.7. The minimum atomic E-state index is -4.87. The van der Waals surface area contributed by atoms with E-state index in [0.29, 0.717) is 0 Å². The molecule has 128 valence electrons. The summed E-state index contributed by atoms with van der Waals surface area (Å²) in [5, 5.41) is 2.42. The van der Waals surface area contributed by atoms with Crippen molar-refractivity contribution in [2.45, 2.75) is 12.9 Å². The van der Waals surface area contributed by atoms with Crippen LogP contribution in [0.2, 0.25) is 0 Å². The fraction of sp³-hybridized carbons (Fsp3) is 0.133. The zero-order valence-corrected chi connectivity index (χ0v) is 12.1. The van der Waals surface area contributed by atoms with Crippen molar-refractivity contribution in [3.63, 3.8) is 0 Å². The Hall–Kier alpha value is -2.84. The van der Waals surface area contributed by atoms with Crippen LogP contribution in [0.5, 0.6) is 5.75 Å². The SMILES string of the molecule is NC(=NCc1cc(F)ccc1F)Nc1ccccc1OC(F)(F)F. The summed E-state index contributed by atoms with van der Waals surface area (Å²) in [5.41, 5.74) is 5.44. The fourth-order valence-corrected chi connectivity index (χ4v) is 1.80. The van der Waals surface area contributed by atoms with Crippen LogP contribution in [0.15, 0.2) is 47.5 Å². The molecule has 0 saturated carbocycles. The van der Waals surface area contributed by atoms with E-state index in [0.717, 1.165) is 24.3 Å². The summed E-state index contributed by atoms with van der Waals surface area (Å²) in [6.45, 7) is -0.287. The van der Waals surface area contributed by atoms with E-state index >= 15 is 0 Å². The van der Waals surface area contributed by atoms with Crippen molar-refractivity contribution >= 4 is 11.6 Å². The molecule has 0 spiro atoms. The summed E-state index contributed by atoms with van der Waals surface area (Å²) < 4.78 is 67.3. The third-order valence-corrected chi connectivity index (χ3v) is 2.80. The van der Waals surface area contributed by atoms with Gasteiger partial charge in [-0.25, -0.2) is 13.8 Å². The molecule has 0 fully saturated rings. The predicted molar refractivity (Wildman–Crippen MR) is 78.4 cm³/mol. The van der Waals surface area contributed by atoms with Gasteiger partial charge in [-0.3, -0.25) is 0 Å². The molecule has 3 N–H and O–H groups in total. The largest absolute Gasteiger partial charge is 0.573 e. The van der Waals surface area contributed by atoms with Crippen LogP contribution in [0.25, 0.3) is 0 Å². The lowest BCUT2D eigenvalue weighted by Gasteiger charge is -2.14. The van der Waals surface area contributed by atoms with Crippen LogP contribution < -0.4 is 15.8 Å². The van der Waals surface area contributed by atoms with E-state index in [1.165, 1.54) is 18.2 Å². The number of hydrogen-bond donors (Lipinski definition) is 2. The number of ether oxygens (including phenoxy) is 1. The highest BCUT2D eigenvalue weighted by molar-refractivity contribution is 5.93. The second kappa shape index (κ2) is 7.16. The molecule has 0 aliphatic rings. The second-order valence-corrected chi connectivity index (χ2v) is 4.61. The first kappa shape index (κ1) is 17.5. The van der Waals surface area contributed by atoms with Crippen LogP contribution in [0.1, 0.15) is 5.56 Å². The van der Waals surface area contributed by atoms with Crippen molar-refractivity contribution in [3.8, 4) is 5.75 Å². The Kier molecular flexibility index (Phi) is 5.22. The van der Waals surface area contributed by atoms with Gasteiger partial charge in [0.05, 0.1) is 12.2 Å². The number of nitrogens with zero attached hydrogens (tertiary/aromatic N) is 1. The summed E-state index contributed by atoms with van der Waals surface area (Å²) in [7, 11) is 0. The van der Waals surface area contributed by atoms with Crippen molar-refractivity contribution in [2.24, 2.45) is 10.7 Å². The van der Waals surface area contributed by atoms with E-state index in [9.17, 15) is 22.0 Å². The molecule has 24 heavy (non-hydrogen) atoms. The Bertz CT molecular complexity index is 746. The Balaban J connectivity index is 2.12. The lowest BCUT2D eigenvalue weighted by atomic mass is 10.2. The third-order valence-electron chi connectivity index (χ3n) is 2.80. The zero-order valence-electron chi connectivity index (χ0n) is 12.1. The van der Waals surface area contributed by atoms with Crippen LogP contribution in [0.3, 0.4) is 0 Å². The van der Waals surface area contributed by atoms with Gasteiger partial charge >= 0.3 is 6.36 Å². The number of rotatable bonds is 4. The molecule has 4 nitrogen and oxygen atoms in total. The molecule has 0 unspecified atom stereocenters. The topological polar surface area (TPSA) is 59.6 Å². The summed E-state index contributed by atoms with van der Waals surface area (Å²) in [4.78, 5) is 3.77. The standard InChI is InChI=1S/C15H12F5N3O/c16-10-5-6-11(17)9(7-10)8-22-14(21)23-12-3-1-2-4-13(12)24-15(18,19)20/h1-7H,8H2,(H3,21,22,23). The number of aliphatic imine (C=N–C) groups is 1. The highest BCUT2D eigenvalue weighted by Crippen LogP contribution is 2.29. The minimum Gasteiger partial charge on any atom is -0.404 e. The third kappa shape index (κ3) is 5.11. The molecule has 0 aliphatic carbocycles. The van der Waals surface area contributed by atoms with Crippen molar-refractivity contribution in [1.82, 2.24) is 0 Å². The van der Waals surface area contributed by atoms with Crippen LogP contribution in [0, 0.1) is 11.6 Å². The van der Waals surface area contributed by atoms with Gasteiger partial charge in [0.15, 0.2) is 11.7 Å². The minimum absolute atomic E-state index is 0.0421. The molecule has 0 atom stereocenters. The highest BCUT2D eigenvalue weighted by atomic mass is 19.4. The second-order valence-electron chi connectivity index (χ2n) is 4.61. The predicted octanol–water partition coefficient (Wildman–Crippen LogP) is 3.79. The van der Waals surface area contributed by atoms with Gasteiger partial charge in [0, 0.05) is 5.56 Å². The maximum absolute atomic E-state index is 13.5. The van der Waals surface area contributed by atoms with Gasteiger partial charge in [-0.05, 0) is 30.3 Å². The molecule has 2 aromatic rings. The lowest BCUT2D eigenvalue weighted by molar-refractivity contribution is -0.274. The number of alkyl halides is 3. The molecule has 0 aliphatic heterocycles. The molecule has 2 aromatic carbocycles. The van der Waals surface area contributed by atoms with Crippen LogP contribution in [-0.2, 0) is 6.54 Å². The summed E-state index contributed by atoms with van der Waals surface area (Å²) in [6.07, 6.45) is -4.87. The smallest absolute Gasteiger partial charge is 0.404 e. The lowest BCUT2D eigenvalue weighted by Crippen LogP contribution is -2.24. The average molecular weight is 345 g/mol. The monoisotopic (exact) mass is 345 g/mol. The number of benzene rings is 2. The number of halogens is 5. The molecule has 0 heterocycles. The van der Waals surface area contributed by atoms with Crippen molar-refractivity contribution in [3.05, 3.63) is 59.7 Å². The molecule has 0 amide bonds. The number of nitrogens with two attached hydrogens (primary N) is 1. The fourth-order valence-electron chi connectivity index (χ4n) is 1.80. The van der Waals surface area contributed by atoms with Crippen LogP contribution in [0.4, 0.5) is 27.6 Å². The van der Waals surface area contributed by atoms with E-state index in [4.69, 9.17) is 5.73 Å². The maximum Gasteiger partial charge on any atom is 0.573 e. The molecule has 0 aromatic heterocycles. The van der Waals surface area contributed by atoms with Crippen molar-refractivity contribution in [1.29, 1.82) is 0 Å². The highest BCUT2D eigenvalue weighted by Gasteiger charge is 2.32. The van der Waals surface area contributed by atoms with Gasteiger partial charge in [-0.2, -0.15) is 0 Å². The summed E-state index contributed by atoms with van der Waals surface area (Å²) in [6, 6.07) is 8.05. The number of hydrogen-bond acceptors (Lipinski definition) is 2. The normalized spacial score (nSPS) is 12.1. The Morgan fingerprint density at radius 3 is 2.54 bits per heavy atom. The van der Waals surface area contributed by atoms with E-state index in [1.54, 1.807) is 0 Å². The first-order chi connectivity index (χ1) is 11.2. The van der Waals surface area contributed by atoms with Gasteiger partial charge in [0.1, 0.15) is 11.6 Å². The molecule has 2 rings (SSSR count). The number of nitrogens with one attached hydrogen (secondary N) is 1. The van der Waals surface area contributed by atoms with Gasteiger partial charge in [-0.15, -0.1) is 13.2 Å². The van der Waals surface area contributed by atoms with Gasteiger partial charge in [0.2, 0.25) is 0 Å². The first-order valence-electron chi connectivity index (χ1n) is 6.60. The van der Waals surface area contributed by atoms with E-state index in [1.807, 2.05) is 0 Å². The molecular formula is C15H12F5N3O. The molecule has 0 saturated heterocycles. The Morgan fingerprint density at radius 1 is 1.12 bits per heavy atom. The summed E-state index contributed by atoms with van der Waals surface area (Å²) >= 11 is 0. The average Bonchev–Trinajstić information content (AvgIpc) is 2.49. The maximum atomic E-state index is 13.5. The number of para-hydroxylation sites is 2. The number of anilines is 1. The quantitative estimate of drug-likeness (QED) is 0.504. The van der Waals surface area contributed by atoms with Gasteiger partial charge in [0.25, 0.3) is 0 Å². The first-order valence-corrected chi connectivity index (χ1v) is 6.60. The molecular weight excluding hydrogens is 333 g/mol. The van der Waals surface area contributed by atoms with E-state index in [-0.39, 0.29) is 23.8 Å². The van der Waals surface area contributed by atoms with Gasteiger partial charge < -0.3 is 15.8 Å². The molecule has 9 heteroatoms. The van der Waals surface area contributed by atoms with Crippen LogP contribution >= 0.6 is 0 Å². The van der Waals surface area contributed by atoms with E-state index in [2.05, 4.69) is 15.0 Å².